The second-order valence-electron chi connectivity index (χ2n) is 5.45. The molecule has 0 aliphatic carbocycles. The Morgan fingerprint density at radius 1 is 1.38 bits per heavy atom. The van der Waals surface area contributed by atoms with E-state index in [1.165, 1.54) is 22.3 Å². The van der Waals surface area contributed by atoms with E-state index in [0.717, 1.165) is 4.47 Å². The zero-order chi connectivity index (χ0) is 17.7. The molecule has 1 fully saturated rings. The van der Waals surface area contributed by atoms with Gasteiger partial charge in [0.1, 0.15) is 0 Å². The second kappa shape index (κ2) is 8.23. The number of halogens is 1. The molecule has 0 amide bonds. The van der Waals surface area contributed by atoms with Crippen LogP contribution in [0, 0.1) is 11.5 Å². The van der Waals surface area contributed by atoms with Gasteiger partial charge in [0.05, 0.1) is 11.9 Å². The summed E-state index contributed by atoms with van der Waals surface area (Å²) in [5.41, 5.74) is 0.676. The molecule has 24 heavy (non-hydrogen) atoms. The van der Waals surface area contributed by atoms with E-state index in [1.54, 1.807) is 0 Å². The van der Waals surface area contributed by atoms with E-state index in [2.05, 4.69) is 20.9 Å². The molecule has 6 nitrogen and oxygen atoms in total. The third kappa shape index (κ3) is 4.65. The highest BCUT2D eigenvalue weighted by Gasteiger charge is 2.31. The van der Waals surface area contributed by atoms with Gasteiger partial charge >= 0.3 is 0 Å². The Morgan fingerprint density at radius 2 is 1.96 bits per heavy atom. The normalized spacial score (nSPS) is 16.8. The number of sulfonamides is 1. The van der Waals surface area contributed by atoms with Crippen molar-refractivity contribution >= 4 is 48.6 Å². The van der Waals surface area contributed by atoms with Gasteiger partial charge in [0.25, 0.3) is 0 Å². The summed E-state index contributed by atoms with van der Waals surface area (Å²) in [5.74, 6) is 0. The van der Waals surface area contributed by atoms with Crippen LogP contribution in [0.3, 0.4) is 0 Å². The SMILES string of the molecule is CSC(=NC#N)N1CCC(N(c2ccc(Br)cc2)S(C)(=O)=O)CC1. The molecular weight excluding hydrogens is 412 g/mol. The molecule has 1 aromatic rings. The Kier molecular flexibility index (Phi) is 6.54. The monoisotopic (exact) mass is 430 g/mol. The lowest BCUT2D eigenvalue weighted by atomic mass is 10.1. The first kappa shape index (κ1) is 19.1. The lowest BCUT2D eigenvalue weighted by Gasteiger charge is -2.39. The van der Waals surface area contributed by atoms with Crippen molar-refractivity contribution in [3.05, 3.63) is 28.7 Å². The van der Waals surface area contributed by atoms with Crippen LogP contribution < -0.4 is 4.31 Å². The number of rotatable bonds is 3. The maximum atomic E-state index is 12.3. The largest absolute Gasteiger partial charge is 0.350 e. The van der Waals surface area contributed by atoms with E-state index >= 15 is 0 Å². The fourth-order valence-electron chi connectivity index (χ4n) is 2.84. The maximum absolute atomic E-state index is 12.3. The smallest absolute Gasteiger partial charge is 0.232 e. The van der Waals surface area contributed by atoms with Crippen molar-refractivity contribution in [2.45, 2.75) is 18.9 Å². The van der Waals surface area contributed by atoms with Gasteiger partial charge in [0.2, 0.25) is 16.2 Å². The number of thioether (sulfide) groups is 1. The van der Waals surface area contributed by atoms with Gasteiger partial charge in [-0.2, -0.15) is 5.26 Å². The molecule has 1 saturated heterocycles. The average Bonchev–Trinajstić information content (AvgIpc) is 2.54. The van der Waals surface area contributed by atoms with E-state index in [-0.39, 0.29) is 6.04 Å². The van der Waals surface area contributed by atoms with Crippen molar-refractivity contribution < 1.29 is 8.42 Å². The van der Waals surface area contributed by atoms with Gasteiger partial charge in [0.15, 0.2) is 5.17 Å². The van der Waals surface area contributed by atoms with Crippen molar-refractivity contribution in [3.63, 3.8) is 0 Å². The van der Waals surface area contributed by atoms with Crippen LogP contribution in [-0.2, 0) is 10.0 Å². The molecule has 1 aliphatic rings. The molecule has 0 atom stereocenters. The summed E-state index contributed by atoms with van der Waals surface area (Å²) in [6.45, 7) is 1.35. The highest BCUT2D eigenvalue weighted by molar-refractivity contribution is 9.10. The number of anilines is 1. The Labute approximate surface area is 155 Å². The van der Waals surface area contributed by atoms with Crippen molar-refractivity contribution in [1.29, 1.82) is 5.26 Å². The molecule has 1 aromatic carbocycles. The van der Waals surface area contributed by atoms with Crippen LogP contribution in [0.15, 0.2) is 33.7 Å². The van der Waals surface area contributed by atoms with E-state index in [9.17, 15) is 8.42 Å². The van der Waals surface area contributed by atoms with Gasteiger partial charge in [-0.1, -0.05) is 27.7 Å². The highest BCUT2D eigenvalue weighted by atomic mass is 79.9. The van der Waals surface area contributed by atoms with Gasteiger partial charge in [-0.05, 0) is 43.4 Å². The van der Waals surface area contributed by atoms with E-state index in [4.69, 9.17) is 5.26 Å². The van der Waals surface area contributed by atoms with E-state index < -0.39 is 10.0 Å². The molecule has 0 spiro atoms. The zero-order valence-electron chi connectivity index (χ0n) is 13.5. The van der Waals surface area contributed by atoms with Crippen molar-refractivity contribution in [1.82, 2.24) is 4.90 Å². The third-order valence-corrected chi connectivity index (χ3v) is 6.30. The second-order valence-corrected chi connectivity index (χ2v) is 9.00. The number of aliphatic imine (C=N–C) groups is 1. The molecule has 0 radical (unpaired) electrons. The van der Waals surface area contributed by atoms with Crippen LogP contribution in [0.4, 0.5) is 5.69 Å². The molecule has 0 aromatic heterocycles. The first-order valence-electron chi connectivity index (χ1n) is 7.37. The quantitative estimate of drug-likeness (QED) is 0.418. The number of hydrogen-bond donors (Lipinski definition) is 0. The van der Waals surface area contributed by atoms with E-state index in [1.807, 2.05) is 41.6 Å². The van der Waals surface area contributed by atoms with Crippen LogP contribution in [-0.4, -0.2) is 50.1 Å². The topological polar surface area (TPSA) is 76.8 Å². The summed E-state index contributed by atoms with van der Waals surface area (Å²) in [6, 6.07) is 7.20. The standard InChI is InChI=1S/C15H19BrN4O2S2/c1-23-15(18-11-17)19-9-7-14(8-10-19)20(24(2,21)22)13-5-3-12(16)4-6-13/h3-6,14H,7-10H2,1-2H3. The van der Waals surface area contributed by atoms with E-state index in [0.29, 0.717) is 36.8 Å². The minimum Gasteiger partial charge on any atom is -0.350 e. The first-order chi connectivity index (χ1) is 11.4. The van der Waals surface area contributed by atoms with Crippen LogP contribution >= 0.6 is 27.7 Å². The summed E-state index contributed by atoms with van der Waals surface area (Å²) in [7, 11) is -3.37. The molecule has 9 heteroatoms. The number of likely N-dealkylation sites (tertiary alicyclic amines) is 1. The first-order valence-corrected chi connectivity index (χ1v) is 11.2. The predicted molar refractivity (Wildman–Crippen MR) is 103 cm³/mol. The van der Waals surface area contributed by atoms with Crippen molar-refractivity contribution in [2.75, 3.05) is 29.9 Å². The van der Waals surface area contributed by atoms with Crippen LogP contribution in [0.5, 0.6) is 0 Å². The molecule has 0 N–H and O–H groups in total. The lowest BCUT2D eigenvalue weighted by molar-refractivity contribution is 0.319. The maximum Gasteiger partial charge on any atom is 0.232 e. The van der Waals surface area contributed by atoms with Gasteiger partial charge < -0.3 is 4.90 Å². The summed E-state index contributed by atoms with van der Waals surface area (Å²) in [6.07, 6.45) is 6.32. The highest BCUT2D eigenvalue weighted by Crippen LogP contribution is 2.28. The fraction of sp³-hybridized carbons (Fsp3) is 0.467. The number of nitriles is 1. The minimum absolute atomic E-state index is 0.0948. The summed E-state index contributed by atoms with van der Waals surface area (Å²) < 4.78 is 27.1. The summed E-state index contributed by atoms with van der Waals surface area (Å²) >= 11 is 4.80. The molecule has 130 valence electrons. The van der Waals surface area contributed by atoms with Crippen LogP contribution in [0.2, 0.25) is 0 Å². The van der Waals surface area contributed by atoms with Gasteiger partial charge in [-0.25, -0.2) is 8.42 Å². The number of amidine groups is 1. The van der Waals surface area contributed by atoms with Gasteiger partial charge in [-0.3, -0.25) is 4.31 Å². The fourth-order valence-corrected chi connectivity index (χ4v) is 4.94. The molecule has 1 heterocycles. The van der Waals surface area contributed by atoms with Gasteiger partial charge in [0, 0.05) is 23.6 Å². The molecular formula is C15H19BrN4O2S2. The lowest BCUT2D eigenvalue weighted by Crippen LogP contribution is -2.48. The summed E-state index contributed by atoms with van der Waals surface area (Å²) in [4.78, 5) is 5.86. The molecule has 2 rings (SSSR count). The number of nitrogens with zero attached hydrogens (tertiary/aromatic N) is 4. The Balaban J connectivity index is 2.18. The number of benzene rings is 1. The number of hydrogen-bond acceptors (Lipinski definition) is 5. The summed E-state index contributed by atoms with van der Waals surface area (Å²) in [5, 5.41) is 9.43. The van der Waals surface area contributed by atoms with Crippen LogP contribution in [0.25, 0.3) is 0 Å². The van der Waals surface area contributed by atoms with Gasteiger partial charge in [-0.15, -0.1) is 4.99 Å². The molecule has 0 unspecified atom stereocenters. The van der Waals surface area contributed by atoms with Crippen molar-refractivity contribution in [2.24, 2.45) is 4.99 Å². The minimum atomic E-state index is -3.37. The Bertz CT molecular complexity index is 736. The third-order valence-electron chi connectivity index (χ3n) is 3.83. The average molecular weight is 431 g/mol. The van der Waals surface area contributed by atoms with Crippen molar-refractivity contribution in [3.8, 4) is 6.19 Å². The van der Waals surface area contributed by atoms with Crippen LogP contribution in [0.1, 0.15) is 12.8 Å². The zero-order valence-corrected chi connectivity index (χ0v) is 16.7. The number of piperidine rings is 1. The molecule has 0 saturated carbocycles. The Morgan fingerprint density at radius 3 is 2.42 bits per heavy atom. The Hall–Kier alpha value is -1.24. The molecule has 1 aliphatic heterocycles. The predicted octanol–water partition coefficient (Wildman–Crippen LogP) is 2.88. The molecule has 0 bridgehead atoms.